The van der Waals surface area contributed by atoms with E-state index in [9.17, 15) is 0 Å². The lowest BCUT2D eigenvalue weighted by Crippen LogP contribution is -2.28. The predicted molar refractivity (Wildman–Crippen MR) is 37.5 cm³/mol. The summed E-state index contributed by atoms with van der Waals surface area (Å²) in [6.07, 6.45) is 0. The molecule has 0 spiro atoms. The molecule has 0 aromatic heterocycles. The maximum Gasteiger partial charge on any atom is 0.214 e. The summed E-state index contributed by atoms with van der Waals surface area (Å²) in [5.41, 5.74) is 10.2. The summed E-state index contributed by atoms with van der Waals surface area (Å²) in [4.78, 5) is 3.46. The van der Waals surface area contributed by atoms with Crippen LogP contribution in [-0.4, -0.2) is 25.4 Å². The van der Waals surface area contributed by atoms with E-state index >= 15 is 0 Å². The molecule has 0 aromatic carbocycles. The van der Waals surface area contributed by atoms with Gasteiger partial charge in [0.2, 0.25) is 5.96 Å². The van der Waals surface area contributed by atoms with Gasteiger partial charge in [-0.3, -0.25) is 5.41 Å². The summed E-state index contributed by atoms with van der Waals surface area (Å²) in [5.74, 6) is 0.0627. The van der Waals surface area contributed by atoms with Gasteiger partial charge in [0.25, 0.3) is 0 Å². The van der Waals surface area contributed by atoms with Gasteiger partial charge in [-0.05, 0) is 7.05 Å². The van der Waals surface area contributed by atoms with E-state index in [1.54, 1.807) is 7.05 Å². The minimum Gasteiger partial charge on any atom is -0.386 e. The molecular formula is C4H11N5. The molecule has 6 N–H and O–H groups in total. The third-order valence-corrected chi connectivity index (χ3v) is 0.622. The quantitative estimate of drug-likeness (QED) is 0.268. The molecule has 52 valence electrons. The van der Waals surface area contributed by atoms with Crippen LogP contribution in [0.25, 0.3) is 0 Å². The number of nitrogens with zero attached hydrogens (tertiary/aromatic N) is 1. The number of likely N-dealkylation sites (N-methyl/N-ethyl adjacent to an activating group) is 1. The van der Waals surface area contributed by atoms with Crippen molar-refractivity contribution in [2.45, 2.75) is 0 Å². The van der Waals surface area contributed by atoms with Crippen LogP contribution in [0.15, 0.2) is 4.99 Å². The van der Waals surface area contributed by atoms with Crippen LogP contribution in [-0.2, 0) is 0 Å². The summed E-state index contributed by atoms with van der Waals surface area (Å²) in [7, 11) is 1.74. The molecular weight excluding hydrogens is 118 g/mol. The number of nitrogens with two attached hydrogens (primary N) is 2. The van der Waals surface area contributed by atoms with Gasteiger partial charge in [0.1, 0.15) is 5.84 Å². The maximum atomic E-state index is 6.69. The second-order valence-electron chi connectivity index (χ2n) is 1.52. The first kappa shape index (κ1) is 7.90. The zero-order valence-corrected chi connectivity index (χ0v) is 5.31. The Bertz CT molecular complexity index is 127. The first-order valence-electron chi connectivity index (χ1n) is 2.48. The molecule has 0 aromatic rings. The first-order valence-corrected chi connectivity index (χ1v) is 2.48. The lowest BCUT2D eigenvalue weighted by Gasteiger charge is -1.95. The third-order valence-electron chi connectivity index (χ3n) is 0.622. The molecule has 0 aliphatic heterocycles. The Balaban J connectivity index is 3.69. The van der Waals surface area contributed by atoms with Gasteiger partial charge < -0.3 is 16.8 Å². The molecule has 0 aliphatic carbocycles. The van der Waals surface area contributed by atoms with Gasteiger partial charge in [-0.25, -0.2) is 0 Å². The molecule has 0 amide bonds. The highest BCUT2D eigenvalue weighted by atomic mass is 15.0. The average Bonchev–Trinajstić information content (AvgIpc) is 1.63. The summed E-state index contributed by atoms with van der Waals surface area (Å²) in [6.45, 7) is 0.458. The second-order valence-corrected chi connectivity index (χ2v) is 1.52. The van der Waals surface area contributed by atoms with Crippen LogP contribution in [0, 0.1) is 5.41 Å². The molecule has 0 rings (SSSR count). The van der Waals surface area contributed by atoms with Crippen LogP contribution in [0.4, 0.5) is 0 Å². The van der Waals surface area contributed by atoms with E-state index in [1.807, 2.05) is 0 Å². The van der Waals surface area contributed by atoms with Gasteiger partial charge in [-0.1, -0.05) is 0 Å². The fourth-order valence-corrected chi connectivity index (χ4v) is 0.375. The molecule has 9 heavy (non-hydrogen) atoms. The van der Waals surface area contributed by atoms with Crippen LogP contribution in [0.3, 0.4) is 0 Å². The lowest BCUT2D eigenvalue weighted by atomic mass is 10.6. The van der Waals surface area contributed by atoms with Crippen molar-refractivity contribution in [1.82, 2.24) is 5.32 Å². The molecule has 0 radical (unpaired) electrons. The van der Waals surface area contributed by atoms with Gasteiger partial charge >= 0.3 is 0 Å². The van der Waals surface area contributed by atoms with E-state index in [1.165, 1.54) is 0 Å². The summed E-state index contributed by atoms with van der Waals surface area (Å²) in [6, 6.07) is 0. The van der Waals surface area contributed by atoms with Crippen molar-refractivity contribution in [1.29, 1.82) is 5.41 Å². The fourth-order valence-electron chi connectivity index (χ4n) is 0.375. The number of hydrogen-bond donors (Lipinski definition) is 4. The minimum atomic E-state index is -0.261. The normalized spacial score (nSPS) is 11.4. The summed E-state index contributed by atoms with van der Waals surface area (Å²) >= 11 is 0. The number of amidine groups is 1. The number of aliphatic imine (C=N–C) groups is 1. The SMILES string of the molecule is CNCC(N)=NC(=N)N. The Hall–Kier alpha value is -1.10. The van der Waals surface area contributed by atoms with E-state index in [-0.39, 0.29) is 5.96 Å². The second kappa shape index (κ2) is 3.85. The monoisotopic (exact) mass is 129 g/mol. The van der Waals surface area contributed by atoms with Crippen LogP contribution in [0.5, 0.6) is 0 Å². The van der Waals surface area contributed by atoms with Crippen molar-refractivity contribution in [3.05, 3.63) is 0 Å². The molecule has 0 atom stereocenters. The molecule has 0 bridgehead atoms. The van der Waals surface area contributed by atoms with Crippen LogP contribution in [0.1, 0.15) is 0 Å². The van der Waals surface area contributed by atoms with Gasteiger partial charge in [0.15, 0.2) is 0 Å². The van der Waals surface area contributed by atoms with Crippen molar-refractivity contribution >= 4 is 11.8 Å². The first-order chi connectivity index (χ1) is 4.16. The Kier molecular flexibility index (Phi) is 3.38. The van der Waals surface area contributed by atoms with E-state index in [2.05, 4.69) is 10.3 Å². The van der Waals surface area contributed by atoms with Gasteiger partial charge in [-0.2, -0.15) is 4.99 Å². The fraction of sp³-hybridized carbons (Fsp3) is 0.500. The van der Waals surface area contributed by atoms with Crippen molar-refractivity contribution in [2.24, 2.45) is 16.5 Å². The number of guanidine groups is 1. The number of hydrogen-bond acceptors (Lipinski definition) is 2. The Morgan fingerprint density at radius 2 is 2.22 bits per heavy atom. The molecule has 0 saturated heterocycles. The Morgan fingerprint density at radius 3 is 2.56 bits per heavy atom. The highest BCUT2D eigenvalue weighted by molar-refractivity contribution is 5.94. The molecule has 0 saturated carbocycles. The standard InChI is InChI=1S/C4H11N5/c1-8-2-3(5)9-4(6)7/h8H,2H2,1H3,(H5,5,6,7,9). The maximum absolute atomic E-state index is 6.69. The zero-order valence-electron chi connectivity index (χ0n) is 5.31. The minimum absolute atomic E-state index is 0.261. The van der Waals surface area contributed by atoms with Crippen molar-refractivity contribution < 1.29 is 0 Å². The average molecular weight is 129 g/mol. The Morgan fingerprint density at radius 1 is 1.67 bits per heavy atom. The molecule has 5 nitrogen and oxygen atoms in total. The van der Waals surface area contributed by atoms with Crippen LogP contribution >= 0.6 is 0 Å². The van der Waals surface area contributed by atoms with Gasteiger partial charge in [0, 0.05) is 0 Å². The van der Waals surface area contributed by atoms with Gasteiger partial charge in [0.05, 0.1) is 6.54 Å². The number of nitrogens with one attached hydrogen (secondary N) is 2. The van der Waals surface area contributed by atoms with Gasteiger partial charge in [-0.15, -0.1) is 0 Å². The van der Waals surface area contributed by atoms with Crippen LogP contribution in [0.2, 0.25) is 0 Å². The summed E-state index contributed by atoms with van der Waals surface area (Å²) < 4.78 is 0. The topological polar surface area (TPSA) is 100 Å². The van der Waals surface area contributed by atoms with E-state index in [0.29, 0.717) is 12.4 Å². The highest BCUT2D eigenvalue weighted by Crippen LogP contribution is 1.65. The highest BCUT2D eigenvalue weighted by Gasteiger charge is 1.87. The van der Waals surface area contributed by atoms with Crippen molar-refractivity contribution in [3.8, 4) is 0 Å². The molecule has 0 fully saturated rings. The van der Waals surface area contributed by atoms with Crippen LogP contribution < -0.4 is 16.8 Å². The van der Waals surface area contributed by atoms with E-state index < -0.39 is 0 Å². The third kappa shape index (κ3) is 4.76. The van der Waals surface area contributed by atoms with E-state index in [4.69, 9.17) is 16.9 Å². The van der Waals surface area contributed by atoms with E-state index in [0.717, 1.165) is 0 Å². The smallest absolute Gasteiger partial charge is 0.214 e. The molecule has 0 unspecified atom stereocenters. The molecule has 0 aliphatic rings. The molecule has 5 heteroatoms. The zero-order chi connectivity index (χ0) is 7.28. The van der Waals surface area contributed by atoms with Crippen molar-refractivity contribution in [3.63, 3.8) is 0 Å². The predicted octanol–water partition coefficient (Wildman–Crippen LogP) is -1.54. The number of rotatable bonds is 2. The Labute approximate surface area is 53.6 Å². The molecule has 0 heterocycles. The lowest BCUT2D eigenvalue weighted by molar-refractivity contribution is 0.940. The summed E-state index contributed by atoms with van der Waals surface area (Å²) in [5, 5.41) is 9.45. The largest absolute Gasteiger partial charge is 0.386 e. The van der Waals surface area contributed by atoms with Crippen molar-refractivity contribution in [2.75, 3.05) is 13.6 Å².